The molecule has 2 aromatic rings. The van der Waals surface area contributed by atoms with E-state index in [4.69, 9.17) is 11.6 Å². The van der Waals surface area contributed by atoms with Crippen molar-refractivity contribution in [3.63, 3.8) is 0 Å². The van der Waals surface area contributed by atoms with Gasteiger partial charge in [0.1, 0.15) is 0 Å². The first-order valence-corrected chi connectivity index (χ1v) is 4.23. The lowest BCUT2D eigenvalue weighted by Gasteiger charge is -1.95. The quantitative estimate of drug-likeness (QED) is 0.695. The molecule has 0 aliphatic rings. The van der Waals surface area contributed by atoms with Crippen LogP contribution in [-0.2, 0) is 7.05 Å². The number of aryl methyl sites for hydroxylation is 1. The topological polar surface area (TPSA) is 30.7 Å². The molecule has 0 spiro atoms. The molecule has 0 N–H and O–H groups in total. The molecule has 0 atom stereocenters. The third-order valence-corrected chi connectivity index (χ3v) is 1.95. The summed E-state index contributed by atoms with van der Waals surface area (Å²) in [6, 6.07) is 1.87. The molecule has 4 heteroatoms. The molecule has 0 fully saturated rings. The van der Waals surface area contributed by atoms with Gasteiger partial charge in [0.25, 0.3) is 0 Å². The Kier molecular flexibility index (Phi) is 2.02. The maximum absolute atomic E-state index is 5.81. The van der Waals surface area contributed by atoms with E-state index in [0.717, 1.165) is 11.1 Å². The molecule has 2 heterocycles. The summed E-state index contributed by atoms with van der Waals surface area (Å²) < 4.78 is 1.75. The van der Waals surface area contributed by atoms with Crippen LogP contribution in [0.2, 0.25) is 5.02 Å². The summed E-state index contributed by atoms with van der Waals surface area (Å²) in [6.07, 6.45) is 7.09. The third kappa shape index (κ3) is 1.70. The number of rotatable bonds is 1. The molecule has 0 aromatic carbocycles. The summed E-state index contributed by atoms with van der Waals surface area (Å²) in [5, 5.41) is 4.71. The van der Waals surface area contributed by atoms with Crippen LogP contribution in [0.15, 0.2) is 30.9 Å². The van der Waals surface area contributed by atoms with Gasteiger partial charge in [-0.15, -0.1) is 0 Å². The highest BCUT2D eigenvalue weighted by Gasteiger charge is 2.00. The second-order valence-corrected chi connectivity index (χ2v) is 3.23. The fourth-order valence-corrected chi connectivity index (χ4v) is 1.31. The highest BCUT2D eigenvalue weighted by Crippen LogP contribution is 2.20. The van der Waals surface area contributed by atoms with Crippen LogP contribution in [0, 0.1) is 0 Å². The van der Waals surface area contributed by atoms with E-state index < -0.39 is 0 Å². The SMILES string of the molecule is Cn1cc(-c2cncc(Cl)c2)cn1. The smallest absolute Gasteiger partial charge is 0.0595 e. The van der Waals surface area contributed by atoms with Crippen molar-refractivity contribution < 1.29 is 0 Å². The molecule has 0 radical (unpaired) electrons. The van der Waals surface area contributed by atoms with Crippen molar-refractivity contribution in [3.05, 3.63) is 35.9 Å². The molecule has 3 nitrogen and oxygen atoms in total. The van der Waals surface area contributed by atoms with Gasteiger partial charge in [0, 0.05) is 36.8 Å². The van der Waals surface area contributed by atoms with Gasteiger partial charge in [0.2, 0.25) is 0 Å². The Balaban J connectivity index is 2.46. The Morgan fingerprint density at radius 1 is 1.23 bits per heavy atom. The molecule has 13 heavy (non-hydrogen) atoms. The van der Waals surface area contributed by atoms with E-state index >= 15 is 0 Å². The highest BCUT2D eigenvalue weighted by atomic mass is 35.5. The van der Waals surface area contributed by atoms with Gasteiger partial charge >= 0.3 is 0 Å². The zero-order chi connectivity index (χ0) is 9.26. The first kappa shape index (κ1) is 8.26. The van der Waals surface area contributed by atoms with Gasteiger partial charge < -0.3 is 0 Å². The number of hydrogen-bond acceptors (Lipinski definition) is 2. The first-order valence-electron chi connectivity index (χ1n) is 3.85. The first-order chi connectivity index (χ1) is 6.25. The molecule has 0 saturated carbocycles. The average Bonchev–Trinajstić information content (AvgIpc) is 2.52. The zero-order valence-electron chi connectivity index (χ0n) is 7.11. The van der Waals surface area contributed by atoms with E-state index in [1.807, 2.05) is 19.3 Å². The maximum atomic E-state index is 5.81. The van der Waals surface area contributed by atoms with Crippen molar-refractivity contribution in [2.45, 2.75) is 0 Å². The van der Waals surface area contributed by atoms with E-state index in [-0.39, 0.29) is 0 Å². The molecular weight excluding hydrogens is 186 g/mol. The van der Waals surface area contributed by atoms with Crippen LogP contribution in [0.5, 0.6) is 0 Å². The number of nitrogens with zero attached hydrogens (tertiary/aromatic N) is 3. The summed E-state index contributed by atoms with van der Waals surface area (Å²) in [6.45, 7) is 0. The summed E-state index contributed by atoms with van der Waals surface area (Å²) in [5.41, 5.74) is 2.01. The van der Waals surface area contributed by atoms with Gasteiger partial charge in [0.15, 0.2) is 0 Å². The van der Waals surface area contributed by atoms with E-state index in [2.05, 4.69) is 10.1 Å². The fraction of sp³-hybridized carbons (Fsp3) is 0.111. The van der Waals surface area contributed by atoms with Crippen molar-refractivity contribution in [2.75, 3.05) is 0 Å². The summed E-state index contributed by atoms with van der Waals surface area (Å²) in [7, 11) is 1.88. The second-order valence-electron chi connectivity index (χ2n) is 2.79. The molecule has 66 valence electrons. The van der Waals surface area contributed by atoms with Crippen molar-refractivity contribution in [3.8, 4) is 11.1 Å². The van der Waals surface area contributed by atoms with Crippen molar-refractivity contribution in [2.24, 2.45) is 7.05 Å². The van der Waals surface area contributed by atoms with Crippen LogP contribution in [0.25, 0.3) is 11.1 Å². The van der Waals surface area contributed by atoms with Gasteiger partial charge in [0.05, 0.1) is 11.2 Å². The van der Waals surface area contributed by atoms with E-state index in [9.17, 15) is 0 Å². The van der Waals surface area contributed by atoms with E-state index in [1.165, 1.54) is 0 Å². The van der Waals surface area contributed by atoms with E-state index in [0.29, 0.717) is 5.02 Å². The van der Waals surface area contributed by atoms with Crippen LogP contribution in [0.4, 0.5) is 0 Å². The maximum Gasteiger partial charge on any atom is 0.0595 e. The number of aromatic nitrogens is 3. The minimum atomic E-state index is 0.640. The Bertz CT molecular complexity index is 422. The van der Waals surface area contributed by atoms with Gasteiger partial charge in [-0.25, -0.2) is 0 Å². The predicted molar refractivity (Wildman–Crippen MR) is 51.4 cm³/mol. The lowest BCUT2D eigenvalue weighted by atomic mass is 10.2. The molecule has 2 aromatic heterocycles. The zero-order valence-corrected chi connectivity index (χ0v) is 7.86. The Hall–Kier alpha value is -1.35. The lowest BCUT2D eigenvalue weighted by Crippen LogP contribution is -1.84. The molecule has 0 amide bonds. The van der Waals surface area contributed by atoms with Crippen LogP contribution in [0.3, 0.4) is 0 Å². The average molecular weight is 194 g/mol. The number of halogens is 1. The van der Waals surface area contributed by atoms with Crippen molar-refractivity contribution in [1.82, 2.24) is 14.8 Å². The molecule has 0 unspecified atom stereocenters. The molecule has 0 saturated heterocycles. The standard InChI is InChI=1S/C9H8ClN3/c1-13-6-8(4-12-13)7-2-9(10)5-11-3-7/h2-6H,1H3. The largest absolute Gasteiger partial charge is 0.275 e. The van der Waals surface area contributed by atoms with Gasteiger partial charge in [-0.1, -0.05) is 11.6 Å². The van der Waals surface area contributed by atoms with Crippen LogP contribution < -0.4 is 0 Å². The normalized spacial score (nSPS) is 10.3. The summed E-state index contributed by atoms with van der Waals surface area (Å²) in [5.74, 6) is 0. The molecule has 0 bridgehead atoms. The molecule has 0 aliphatic heterocycles. The fourth-order valence-electron chi connectivity index (χ4n) is 1.14. The molecule has 2 rings (SSSR count). The number of hydrogen-bond donors (Lipinski definition) is 0. The van der Waals surface area contributed by atoms with Gasteiger partial charge in [-0.3, -0.25) is 9.67 Å². The van der Waals surface area contributed by atoms with E-state index in [1.54, 1.807) is 23.3 Å². The lowest BCUT2D eigenvalue weighted by molar-refractivity contribution is 0.768. The Labute approximate surface area is 81.0 Å². The molecular formula is C9H8ClN3. The van der Waals surface area contributed by atoms with Gasteiger partial charge in [-0.05, 0) is 6.07 Å². The van der Waals surface area contributed by atoms with Crippen molar-refractivity contribution >= 4 is 11.6 Å². The van der Waals surface area contributed by atoms with Crippen LogP contribution in [-0.4, -0.2) is 14.8 Å². The van der Waals surface area contributed by atoms with Crippen molar-refractivity contribution in [1.29, 1.82) is 0 Å². The second kappa shape index (κ2) is 3.18. The summed E-state index contributed by atoms with van der Waals surface area (Å²) >= 11 is 5.81. The Morgan fingerprint density at radius 3 is 2.69 bits per heavy atom. The van der Waals surface area contributed by atoms with Crippen LogP contribution in [0.1, 0.15) is 0 Å². The molecule has 0 aliphatic carbocycles. The number of pyridine rings is 1. The third-order valence-electron chi connectivity index (χ3n) is 1.74. The van der Waals surface area contributed by atoms with Gasteiger partial charge in [-0.2, -0.15) is 5.10 Å². The minimum Gasteiger partial charge on any atom is -0.275 e. The Morgan fingerprint density at radius 2 is 2.08 bits per heavy atom. The predicted octanol–water partition coefficient (Wildman–Crippen LogP) is 2.14. The monoisotopic (exact) mass is 193 g/mol. The van der Waals surface area contributed by atoms with Crippen LogP contribution >= 0.6 is 11.6 Å². The highest BCUT2D eigenvalue weighted by molar-refractivity contribution is 6.30. The summed E-state index contributed by atoms with van der Waals surface area (Å²) in [4.78, 5) is 4.00. The minimum absolute atomic E-state index is 0.640.